The number of benzene rings is 2. The average molecular weight is 447 g/mol. The van der Waals surface area contributed by atoms with Gasteiger partial charge in [-0.1, -0.05) is 27.5 Å². The molecule has 0 aliphatic carbocycles. The van der Waals surface area contributed by atoms with Crippen molar-refractivity contribution in [3.8, 4) is 5.88 Å². The molecule has 2 N–H and O–H groups in total. The van der Waals surface area contributed by atoms with Crippen LogP contribution in [0.5, 0.6) is 5.88 Å². The maximum absolute atomic E-state index is 11.8. The largest absolute Gasteiger partial charge is 0.472 e. The molecule has 1 atom stereocenters. The molecule has 1 saturated heterocycles. The van der Waals surface area contributed by atoms with Crippen molar-refractivity contribution in [3.05, 3.63) is 63.6 Å². The monoisotopic (exact) mass is 445 g/mol. The summed E-state index contributed by atoms with van der Waals surface area (Å²) in [5, 5.41) is 1.66. The Hall–Kier alpha value is -2.31. The van der Waals surface area contributed by atoms with Gasteiger partial charge in [-0.2, -0.15) is 0 Å². The molecule has 27 heavy (non-hydrogen) atoms. The number of hydrogen-bond acceptors (Lipinski definition) is 4. The fourth-order valence-electron chi connectivity index (χ4n) is 3.34. The van der Waals surface area contributed by atoms with E-state index in [2.05, 4.69) is 25.8 Å². The predicted molar refractivity (Wildman–Crippen MR) is 111 cm³/mol. The summed E-state index contributed by atoms with van der Waals surface area (Å²) in [6, 6.07) is 15.0. The lowest BCUT2D eigenvalue weighted by molar-refractivity contribution is 0.100. The molecular formula is C20H17BrClN3O2. The minimum Gasteiger partial charge on any atom is -0.472 e. The van der Waals surface area contributed by atoms with Crippen LogP contribution in [0.15, 0.2) is 53.0 Å². The summed E-state index contributed by atoms with van der Waals surface area (Å²) in [5.41, 5.74) is 7.72. The van der Waals surface area contributed by atoms with Gasteiger partial charge < -0.3 is 15.4 Å². The van der Waals surface area contributed by atoms with Gasteiger partial charge in [-0.15, -0.1) is 0 Å². The van der Waals surface area contributed by atoms with Gasteiger partial charge in [0.2, 0.25) is 5.88 Å². The number of primary amides is 1. The van der Waals surface area contributed by atoms with Crippen LogP contribution >= 0.6 is 27.5 Å². The van der Waals surface area contributed by atoms with Crippen LogP contribution < -0.4 is 15.4 Å². The predicted octanol–water partition coefficient (Wildman–Crippen LogP) is 4.41. The molecule has 4 rings (SSSR count). The van der Waals surface area contributed by atoms with E-state index >= 15 is 0 Å². The molecule has 1 fully saturated rings. The van der Waals surface area contributed by atoms with Gasteiger partial charge >= 0.3 is 0 Å². The number of rotatable bonds is 4. The summed E-state index contributed by atoms with van der Waals surface area (Å²) in [6.45, 7) is 1.46. The Labute approximate surface area is 170 Å². The van der Waals surface area contributed by atoms with E-state index in [0.29, 0.717) is 23.0 Å². The molecule has 138 valence electrons. The quantitative estimate of drug-likeness (QED) is 0.645. The number of carbonyl (C=O) groups excluding carboxylic acids is 1. The summed E-state index contributed by atoms with van der Waals surface area (Å²) in [6.07, 6.45) is 0.834. The van der Waals surface area contributed by atoms with E-state index in [9.17, 15) is 4.79 Å². The molecule has 1 amide bonds. The first-order valence-electron chi connectivity index (χ1n) is 8.57. The number of halogens is 2. The van der Waals surface area contributed by atoms with E-state index in [1.54, 1.807) is 6.07 Å². The van der Waals surface area contributed by atoms with Crippen LogP contribution in [0.3, 0.4) is 0 Å². The Morgan fingerprint density at radius 2 is 2.07 bits per heavy atom. The summed E-state index contributed by atoms with van der Waals surface area (Å²) < 4.78 is 6.90. The standard InChI is InChI=1S/C20H17BrClN3O2/c21-13-2-5-18(16(10-13)20(23)26)25-8-7-15(11-25)27-19-6-1-12-9-14(22)3-4-17(12)24-19/h1-6,9-10,15H,7-8,11H2,(H2,23,26)/t15-/m0/s1. The SMILES string of the molecule is NC(=O)c1cc(Br)ccc1N1CC[C@H](Oc2ccc3cc(Cl)ccc3n2)C1. The zero-order valence-corrected chi connectivity index (χ0v) is 16.7. The second kappa shape index (κ2) is 7.37. The lowest BCUT2D eigenvalue weighted by Gasteiger charge is -2.21. The van der Waals surface area contributed by atoms with Gasteiger partial charge in [0.15, 0.2) is 0 Å². The Balaban J connectivity index is 1.50. The van der Waals surface area contributed by atoms with Gasteiger partial charge in [0, 0.05) is 39.6 Å². The molecule has 0 radical (unpaired) electrons. The number of amides is 1. The van der Waals surface area contributed by atoms with Crippen molar-refractivity contribution in [1.82, 2.24) is 4.98 Å². The summed E-state index contributed by atoms with van der Waals surface area (Å²) in [7, 11) is 0. The highest BCUT2D eigenvalue weighted by Crippen LogP contribution is 2.29. The Bertz CT molecular complexity index is 1030. The topological polar surface area (TPSA) is 68.5 Å². The van der Waals surface area contributed by atoms with Crippen molar-refractivity contribution >= 4 is 50.0 Å². The van der Waals surface area contributed by atoms with Crippen LogP contribution in [0.25, 0.3) is 10.9 Å². The molecule has 2 heterocycles. The van der Waals surface area contributed by atoms with Crippen molar-refractivity contribution in [3.63, 3.8) is 0 Å². The van der Waals surface area contributed by atoms with E-state index in [1.165, 1.54) is 0 Å². The molecule has 0 spiro atoms. The van der Waals surface area contributed by atoms with E-state index in [4.69, 9.17) is 22.1 Å². The average Bonchev–Trinajstić information content (AvgIpc) is 3.10. The zero-order valence-electron chi connectivity index (χ0n) is 14.4. The smallest absolute Gasteiger partial charge is 0.250 e. The summed E-state index contributed by atoms with van der Waals surface area (Å²) in [4.78, 5) is 18.5. The van der Waals surface area contributed by atoms with Gasteiger partial charge in [-0.3, -0.25) is 4.79 Å². The molecular weight excluding hydrogens is 430 g/mol. The van der Waals surface area contributed by atoms with Crippen LogP contribution in [-0.4, -0.2) is 30.1 Å². The number of carbonyl (C=O) groups is 1. The summed E-state index contributed by atoms with van der Waals surface area (Å²) in [5.74, 6) is 0.146. The number of pyridine rings is 1. The van der Waals surface area contributed by atoms with E-state index < -0.39 is 5.91 Å². The molecule has 2 aromatic carbocycles. The van der Waals surface area contributed by atoms with Crippen LogP contribution in [0.2, 0.25) is 5.02 Å². The molecule has 1 aliphatic heterocycles. The number of aromatic nitrogens is 1. The number of ether oxygens (including phenoxy) is 1. The lowest BCUT2D eigenvalue weighted by atomic mass is 10.1. The van der Waals surface area contributed by atoms with Gasteiger partial charge in [-0.25, -0.2) is 4.98 Å². The molecule has 1 aliphatic rings. The number of nitrogens with zero attached hydrogens (tertiary/aromatic N) is 2. The third-order valence-electron chi connectivity index (χ3n) is 4.62. The molecule has 0 unspecified atom stereocenters. The van der Waals surface area contributed by atoms with Crippen LogP contribution in [0.1, 0.15) is 16.8 Å². The van der Waals surface area contributed by atoms with Crippen LogP contribution in [0.4, 0.5) is 5.69 Å². The van der Waals surface area contributed by atoms with E-state index in [1.807, 2.05) is 42.5 Å². The summed E-state index contributed by atoms with van der Waals surface area (Å²) >= 11 is 9.40. The first-order valence-corrected chi connectivity index (χ1v) is 9.74. The van der Waals surface area contributed by atoms with E-state index in [0.717, 1.165) is 34.0 Å². The number of anilines is 1. The molecule has 0 bridgehead atoms. The zero-order chi connectivity index (χ0) is 19.0. The molecule has 7 heteroatoms. The highest BCUT2D eigenvalue weighted by atomic mass is 79.9. The van der Waals surface area contributed by atoms with Crippen molar-refractivity contribution in [2.45, 2.75) is 12.5 Å². The Morgan fingerprint density at radius 1 is 1.22 bits per heavy atom. The minimum absolute atomic E-state index is 0.00776. The fraction of sp³-hybridized carbons (Fsp3) is 0.200. The van der Waals surface area contributed by atoms with Crippen LogP contribution in [0, 0.1) is 0 Å². The maximum atomic E-state index is 11.8. The Kier molecular flexibility index (Phi) is 4.93. The second-order valence-electron chi connectivity index (χ2n) is 6.49. The fourth-order valence-corrected chi connectivity index (χ4v) is 3.88. The third-order valence-corrected chi connectivity index (χ3v) is 5.35. The maximum Gasteiger partial charge on any atom is 0.250 e. The van der Waals surface area contributed by atoms with Crippen LogP contribution in [-0.2, 0) is 0 Å². The van der Waals surface area contributed by atoms with Gasteiger partial charge in [-0.05, 0) is 42.5 Å². The molecule has 0 saturated carbocycles. The number of fused-ring (bicyclic) bond motifs is 1. The van der Waals surface area contributed by atoms with Crippen molar-refractivity contribution in [2.24, 2.45) is 5.73 Å². The van der Waals surface area contributed by atoms with E-state index in [-0.39, 0.29) is 6.10 Å². The highest BCUT2D eigenvalue weighted by molar-refractivity contribution is 9.10. The first kappa shape index (κ1) is 18.1. The first-order chi connectivity index (χ1) is 13.0. The Morgan fingerprint density at radius 3 is 2.89 bits per heavy atom. The third kappa shape index (κ3) is 3.87. The molecule has 3 aromatic rings. The van der Waals surface area contributed by atoms with Crippen molar-refractivity contribution < 1.29 is 9.53 Å². The van der Waals surface area contributed by atoms with Gasteiger partial charge in [0.05, 0.1) is 17.6 Å². The molecule has 5 nitrogen and oxygen atoms in total. The van der Waals surface area contributed by atoms with Gasteiger partial charge in [0.25, 0.3) is 5.91 Å². The highest BCUT2D eigenvalue weighted by Gasteiger charge is 2.27. The minimum atomic E-state index is -0.439. The second-order valence-corrected chi connectivity index (χ2v) is 7.84. The normalized spacial score (nSPS) is 16.7. The molecule has 1 aromatic heterocycles. The van der Waals surface area contributed by atoms with Crippen molar-refractivity contribution in [2.75, 3.05) is 18.0 Å². The van der Waals surface area contributed by atoms with Crippen molar-refractivity contribution in [1.29, 1.82) is 0 Å². The lowest BCUT2D eigenvalue weighted by Crippen LogP contribution is -2.27. The van der Waals surface area contributed by atoms with Gasteiger partial charge in [0.1, 0.15) is 6.10 Å². The number of nitrogens with two attached hydrogens (primary N) is 1. The number of hydrogen-bond donors (Lipinski definition) is 1.